The molecular formula is C24H24FNO5S. The quantitative estimate of drug-likeness (QED) is 0.559. The highest BCUT2D eigenvalue weighted by molar-refractivity contribution is 7.15. The molecule has 1 atom stereocenters. The van der Waals surface area contributed by atoms with E-state index in [4.69, 9.17) is 9.47 Å². The van der Waals surface area contributed by atoms with Gasteiger partial charge in [0.15, 0.2) is 5.75 Å². The van der Waals surface area contributed by atoms with Gasteiger partial charge in [-0.3, -0.25) is 4.79 Å². The van der Waals surface area contributed by atoms with Crippen LogP contribution in [0.15, 0.2) is 23.1 Å². The molecule has 2 heterocycles. The van der Waals surface area contributed by atoms with Gasteiger partial charge in [0.25, 0.3) is 0 Å². The Labute approximate surface area is 188 Å². The Morgan fingerprint density at radius 1 is 1.31 bits per heavy atom. The number of rotatable bonds is 5. The summed E-state index contributed by atoms with van der Waals surface area (Å²) >= 11 is 1.37. The van der Waals surface area contributed by atoms with Crippen LogP contribution in [-0.2, 0) is 11.2 Å². The van der Waals surface area contributed by atoms with Gasteiger partial charge in [0.1, 0.15) is 11.4 Å². The zero-order valence-electron chi connectivity index (χ0n) is 17.9. The van der Waals surface area contributed by atoms with E-state index in [1.165, 1.54) is 30.7 Å². The maximum Gasteiger partial charge on any atom is 0.343 e. The third-order valence-corrected chi connectivity index (χ3v) is 7.47. The van der Waals surface area contributed by atoms with E-state index in [1.54, 1.807) is 6.92 Å². The second kappa shape index (κ2) is 8.01. The van der Waals surface area contributed by atoms with Gasteiger partial charge < -0.3 is 19.1 Å². The zero-order valence-corrected chi connectivity index (χ0v) is 18.8. The molecule has 0 spiro atoms. The summed E-state index contributed by atoms with van der Waals surface area (Å²) in [6.07, 6.45) is 5.21. The van der Waals surface area contributed by atoms with Gasteiger partial charge in [0.2, 0.25) is 5.43 Å². The summed E-state index contributed by atoms with van der Waals surface area (Å²) < 4.78 is 28.1. The molecule has 2 aromatic heterocycles. The first-order valence-corrected chi connectivity index (χ1v) is 11.7. The number of methoxy groups -OCH3 is 1. The minimum absolute atomic E-state index is 0.0990. The summed E-state index contributed by atoms with van der Waals surface area (Å²) in [5.41, 5.74) is 1.12. The molecule has 1 unspecified atom stereocenters. The van der Waals surface area contributed by atoms with Crippen LogP contribution in [0, 0.1) is 5.82 Å². The Kier molecular flexibility index (Phi) is 5.29. The van der Waals surface area contributed by atoms with Crippen LogP contribution in [0.1, 0.15) is 65.6 Å². The number of benzene rings is 1. The molecule has 2 aliphatic rings. The van der Waals surface area contributed by atoms with Crippen molar-refractivity contribution in [2.45, 2.75) is 51.2 Å². The molecule has 0 amide bonds. The van der Waals surface area contributed by atoms with Crippen molar-refractivity contribution in [2.75, 3.05) is 13.7 Å². The summed E-state index contributed by atoms with van der Waals surface area (Å²) in [6.45, 7) is 1.82. The maximum atomic E-state index is 15.5. The molecule has 5 rings (SSSR count). The average Bonchev–Trinajstić information content (AvgIpc) is 3.52. The zero-order chi connectivity index (χ0) is 22.6. The maximum absolute atomic E-state index is 15.5. The number of aryl methyl sites for hydroxylation is 1. The summed E-state index contributed by atoms with van der Waals surface area (Å²) in [5, 5.41) is 10.5. The van der Waals surface area contributed by atoms with Crippen LogP contribution in [0.5, 0.6) is 5.75 Å². The van der Waals surface area contributed by atoms with Crippen molar-refractivity contribution in [2.24, 2.45) is 0 Å². The van der Waals surface area contributed by atoms with Crippen LogP contribution in [0.3, 0.4) is 0 Å². The van der Waals surface area contributed by atoms with Gasteiger partial charge in [-0.15, -0.1) is 11.3 Å². The largest absolute Gasteiger partial charge is 0.494 e. The van der Waals surface area contributed by atoms with Gasteiger partial charge in [-0.05, 0) is 56.7 Å². The number of ether oxygens (including phenoxy) is 2. The number of aliphatic hydroxyl groups is 1. The lowest BCUT2D eigenvalue weighted by Crippen LogP contribution is -2.21. The molecule has 6 nitrogen and oxygen atoms in total. The number of carbonyl (C=O) groups excluding carboxylic acids is 1. The average molecular weight is 458 g/mol. The van der Waals surface area contributed by atoms with Crippen molar-refractivity contribution in [3.63, 3.8) is 0 Å². The lowest BCUT2D eigenvalue weighted by Gasteiger charge is -2.18. The molecule has 2 aliphatic carbocycles. The topological polar surface area (TPSA) is 77.8 Å². The second-order valence-corrected chi connectivity index (χ2v) is 9.39. The SMILES string of the molecule is CCOC(=O)c1cn(C2CC2)c2c(OC)c(-c3cc4c(s3)C(O)CCC4)c(F)cc2c1=O. The van der Waals surface area contributed by atoms with Gasteiger partial charge in [-0.1, -0.05) is 0 Å². The molecule has 1 saturated carbocycles. The lowest BCUT2D eigenvalue weighted by atomic mass is 9.96. The predicted molar refractivity (Wildman–Crippen MR) is 120 cm³/mol. The van der Waals surface area contributed by atoms with Crippen molar-refractivity contribution < 1.29 is 23.8 Å². The van der Waals surface area contributed by atoms with Gasteiger partial charge >= 0.3 is 5.97 Å². The molecule has 1 aromatic carbocycles. The van der Waals surface area contributed by atoms with Crippen LogP contribution in [0.4, 0.5) is 4.39 Å². The first kappa shape index (κ1) is 21.2. The predicted octanol–water partition coefficient (Wildman–Crippen LogP) is 4.76. The van der Waals surface area contributed by atoms with Crippen molar-refractivity contribution in [3.05, 3.63) is 50.4 Å². The van der Waals surface area contributed by atoms with Crippen LogP contribution < -0.4 is 10.2 Å². The number of esters is 1. The highest BCUT2D eigenvalue weighted by Crippen LogP contribution is 2.47. The normalized spacial score (nSPS) is 17.9. The Morgan fingerprint density at radius 3 is 2.75 bits per heavy atom. The highest BCUT2D eigenvalue weighted by Gasteiger charge is 2.32. The van der Waals surface area contributed by atoms with Crippen molar-refractivity contribution >= 4 is 28.2 Å². The molecular weight excluding hydrogens is 433 g/mol. The van der Waals surface area contributed by atoms with E-state index >= 15 is 4.39 Å². The summed E-state index contributed by atoms with van der Waals surface area (Å²) in [7, 11) is 1.46. The van der Waals surface area contributed by atoms with Gasteiger partial charge in [-0.2, -0.15) is 0 Å². The molecule has 0 saturated heterocycles. The molecule has 1 fully saturated rings. The second-order valence-electron chi connectivity index (χ2n) is 8.30. The number of hydrogen-bond acceptors (Lipinski definition) is 6. The van der Waals surface area contributed by atoms with Crippen LogP contribution in [0.2, 0.25) is 0 Å². The number of hydrogen-bond donors (Lipinski definition) is 1. The monoisotopic (exact) mass is 457 g/mol. The molecule has 0 radical (unpaired) electrons. The number of nitrogens with zero attached hydrogens (tertiary/aromatic N) is 1. The molecule has 168 valence electrons. The number of halogens is 1. The molecule has 1 N–H and O–H groups in total. The summed E-state index contributed by atoms with van der Waals surface area (Å²) in [4.78, 5) is 27.1. The van der Waals surface area contributed by atoms with Crippen molar-refractivity contribution in [3.8, 4) is 16.2 Å². The number of carbonyl (C=O) groups is 1. The number of thiophene rings is 1. The molecule has 0 aliphatic heterocycles. The smallest absolute Gasteiger partial charge is 0.343 e. The number of aromatic nitrogens is 1. The Morgan fingerprint density at radius 2 is 2.09 bits per heavy atom. The van der Waals surface area contributed by atoms with E-state index in [9.17, 15) is 14.7 Å². The summed E-state index contributed by atoms with van der Waals surface area (Å²) in [6, 6.07) is 3.23. The third-order valence-electron chi connectivity index (χ3n) is 6.18. The lowest BCUT2D eigenvalue weighted by molar-refractivity contribution is 0.0524. The van der Waals surface area contributed by atoms with Gasteiger partial charge in [-0.25, -0.2) is 9.18 Å². The number of pyridine rings is 1. The first-order chi connectivity index (χ1) is 15.4. The standard InChI is InChI=1S/C24H24FNO5S/c1-3-31-24(29)15-11-26(13-7-8-13)20-14(21(15)28)10-16(25)19(22(20)30-2)18-9-12-5-4-6-17(27)23(12)32-18/h9-11,13,17,27H,3-8H2,1-2H3. The van der Waals surface area contributed by atoms with Crippen molar-refractivity contribution in [1.82, 2.24) is 4.57 Å². The molecule has 32 heavy (non-hydrogen) atoms. The fourth-order valence-electron chi connectivity index (χ4n) is 4.54. The van der Waals surface area contributed by atoms with Gasteiger partial charge in [0.05, 0.1) is 36.3 Å². The fourth-order valence-corrected chi connectivity index (χ4v) is 5.81. The van der Waals surface area contributed by atoms with E-state index in [1.807, 2.05) is 10.6 Å². The number of aliphatic hydroxyl groups excluding tert-OH is 1. The minimum atomic E-state index is -0.711. The Hall–Kier alpha value is -2.71. The Bertz CT molecular complexity index is 1290. The number of fused-ring (bicyclic) bond motifs is 2. The summed E-state index contributed by atoms with van der Waals surface area (Å²) in [5.74, 6) is -1.03. The first-order valence-electron chi connectivity index (χ1n) is 10.9. The highest BCUT2D eigenvalue weighted by atomic mass is 32.1. The third kappa shape index (κ3) is 3.33. The molecule has 3 aromatic rings. The van der Waals surface area contributed by atoms with Crippen LogP contribution in [-0.4, -0.2) is 29.4 Å². The van der Waals surface area contributed by atoms with E-state index in [0.717, 1.165) is 36.1 Å². The van der Waals surface area contributed by atoms with E-state index in [2.05, 4.69) is 0 Å². The van der Waals surface area contributed by atoms with Crippen LogP contribution in [0.25, 0.3) is 21.3 Å². The molecule has 0 bridgehead atoms. The minimum Gasteiger partial charge on any atom is -0.494 e. The van der Waals surface area contributed by atoms with E-state index in [-0.39, 0.29) is 34.9 Å². The van der Waals surface area contributed by atoms with E-state index in [0.29, 0.717) is 16.8 Å². The fraction of sp³-hybridized carbons (Fsp3) is 0.417. The van der Waals surface area contributed by atoms with Gasteiger partial charge in [0, 0.05) is 22.0 Å². The van der Waals surface area contributed by atoms with E-state index < -0.39 is 23.3 Å². The van der Waals surface area contributed by atoms with Crippen LogP contribution >= 0.6 is 11.3 Å². The molecule has 8 heteroatoms. The van der Waals surface area contributed by atoms with Crippen molar-refractivity contribution in [1.29, 1.82) is 0 Å². The Balaban J connectivity index is 1.79.